The van der Waals surface area contributed by atoms with E-state index in [-0.39, 0.29) is 5.92 Å². The lowest BCUT2D eigenvalue weighted by atomic mass is 9.93. The van der Waals surface area contributed by atoms with Crippen LogP contribution in [0.25, 0.3) is 0 Å². The van der Waals surface area contributed by atoms with Crippen LogP contribution in [0.5, 0.6) is 0 Å². The van der Waals surface area contributed by atoms with E-state index in [9.17, 15) is 4.79 Å². The molecule has 0 unspecified atom stereocenters. The maximum absolute atomic E-state index is 11.9. The highest BCUT2D eigenvalue weighted by Crippen LogP contribution is 2.28. The number of nitrogens with one attached hydrogen (secondary N) is 1. The summed E-state index contributed by atoms with van der Waals surface area (Å²) in [5.41, 5.74) is 1.21. The van der Waals surface area contributed by atoms with E-state index >= 15 is 0 Å². The van der Waals surface area contributed by atoms with Gasteiger partial charge in [-0.05, 0) is 25.9 Å². The second-order valence-electron chi connectivity index (χ2n) is 4.92. The summed E-state index contributed by atoms with van der Waals surface area (Å²) >= 11 is 1.57. The molecule has 1 N–H and O–H groups in total. The molecule has 112 valence electrons. The Morgan fingerprint density at radius 1 is 1.52 bits per heavy atom. The molecule has 1 aliphatic rings. The van der Waals surface area contributed by atoms with Gasteiger partial charge in [-0.2, -0.15) is 0 Å². The second kappa shape index (κ2) is 6.31. The summed E-state index contributed by atoms with van der Waals surface area (Å²) in [6.45, 7) is 2.42. The molecule has 1 fully saturated rings. The minimum Gasteiger partial charge on any atom is -0.464 e. The van der Waals surface area contributed by atoms with Gasteiger partial charge in [-0.3, -0.25) is 0 Å². The maximum atomic E-state index is 11.9. The highest BCUT2D eigenvalue weighted by Gasteiger charge is 2.28. The molecule has 0 aromatic carbocycles. The summed E-state index contributed by atoms with van der Waals surface area (Å²) in [6, 6.07) is 0. The van der Waals surface area contributed by atoms with E-state index in [1.165, 1.54) is 7.11 Å². The van der Waals surface area contributed by atoms with Crippen molar-refractivity contribution >= 4 is 17.3 Å². The van der Waals surface area contributed by atoms with Crippen LogP contribution in [0, 0.1) is 0 Å². The average molecular weight is 307 g/mol. The summed E-state index contributed by atoms with van der Waals surface area (Å²) in [4.78, 5) is 16.2. The smallest absolute Gasteiger partial charge is 0.360 e. The number of carbonyl (C=O) groups is 1. The number of hydrogen-bond acceptors (Lipinski definition) is 7. The van der Waals surface area contributed by atoms with Crippen molar-refractivity contribution in [2.75, 3.05) is 20.2 Å². The number of thiazole rings is 1. The Labute approximate surface area is 126 Å². The quantitative estimate of drug-likeness (QED) is 0.850. The summed E-state index contributed by atoms with van der Waals surface area (Å²) in [5.74, 6) is -0.149. The normalized spacial score (nSPS) is 16.0. The van der Waals surface area contributed by atoms with Gasteiger partial charge in [0.1, 0.15) is 5.01 Å². The van der Waals surface area contributed by atoms with Gasteiger partial charge in [-0.25, -0.2) is 14.5 Å². The second-order valence-corrected chi connectivity index (χ2v) is 5.90. The van der Waals surface area contributed by atoms with Gasteiger partial charge in [0, 0.05) is 17.5 Å². The lowest BCUT2D eigenvalue weighted by Gasteiger charge is -2.23. The van der Waals surface area contributed by atoms with Crippen LogP contribution in [-0.4, -0.2) is 46.1 Å². The molecule has 0 bridgehead atoms. The predicted molar refractivity (Wildman–Crippen MR) is 77.4 cm³/mol. The first-order valence-electron chi connectivity index (χ1n) is 6.90. The van der Waals surface area contributed by atoms with E-state index in [0.717, 1.165) is 36.6 Å². The van der Waals surface area contributed by atoms with Crippen molar-refractivity contribution in [3.63, 3.8) is 0 Å². The van der Waals surface area contributed by atoms with Crippen LogP contribution in [0.3, 0.4) is 0 Å². The molecule has 1 aliphatic heterocycles. The van der Waals surface area contributed by atoms with E-state index in [1.807, 2.05) is 5.38 Å². The third-order valence-corrected chi connectivity index (χ3v) is 4.41. The Kier molecular flexibility index (Phi) is 4.26. The molecule has 0 spiro atoms. The fourth-order valence-electron chi connectivity index (χ4n) is 2.64. The summed E-state index contributed by atoms with van der Waals surface area (Å²) in [7, 11) is 1.37. The zero-order valence-corrected chi connectivity index (χ0v) is 12.6. The van der Waals surface area contributed by atoms with Crippen molar-refractivity contribution in [3.05, 3.63) is 28.0 Å². The highest BCUT2D eigenvalue weighted by molar-refractivity contribution is 7.09. The van der Waals surface area contributed by atoms with Crippen molar-refractivity contribution in [3.8, 4) is 0 Å². The molecule has 0 atom stereocenters. The van der Waals surface area contributed by atoms with Gasteiger partial charge in [-0.15, -0.1) is 16.4 Å². The van der Waals surface area contributed by atoms with Gasteiger partial charge in [0.15, 0.2) is 5.69 Å². The average Bonchev–Trinajstić information content (AvgIpc) is 3.17. The number of piperidine rings is 1. The molecular weight excluding hydrogens is 290 g/mol. The third-order valence-electron chi connectivity index (χ3n) is 3.65. The first kappa shape index (κ1) is 14.2. The number of nitrogens with zero attached hydrogens (tertiary/aromatic N) is 4. The minimum absolute atomic E-state index is 0.273. The molecule has 3 rings (SSSR count). The monoisotopic (exact) mass is 307 g/mol. The Balaban J connectivity index is 1.94. The van der Waals surface area contributed by atoms with Crippen LogP contribution in [0.15, 0.2) is 11.6 Å². The number of hydrogen-bond donors (Lipinski definition) is 1. The van der Waals surface area contributed by atoms with E-state index in [2.05, 4.69) is 20.6 Å². The Hall–Kier alpha value is -1.80. The van der Waals surface area contributed by atoms with Crippen LogP contribution in [0.4, 0.5) is 0 Å². The van der Waals surface area contributed by atoms with Gasteiger partial charge < -0.3 is 10.1 Å². The number of aromatic nitrogens is 4. The standard InChI is InChI=1S/C13H17N5O2S/c1-20-13(19)11-12(9-2-4-14-5-3-9)18(17-16-11)8-10-15-6-7-21-10/h6-7,9,14H,2-5,8H2,1H3. The molecule has 2 aromatic heterocycles. The summed E-state index contributed by atoms with van der Waals surface area (Å²) < 4.78 is 6.63. The number of esters is 1. The molecule has 0 saturated carbocycles. The van der Waals surface area contributed by atoms with Crippen LogP contribution in [0.1, 0.15) is 39.9 Å². The summed E-state index contributed by atoms with van der Waals surface area (Å²) in [5, 5.41) is 14.4. The van der Waals surface area contributed by atoms with E-state index in [4.69, 9.17) is 4.74 Å². The lowest BCUT2D eigenvalue weighted by molar-refractivity contribution is 0.0591. The topological polar surface area (TPSA) is 81.9 Å². The SMILES string of the molecule is COC(=O)c1nnn(Cc2nccs2)c1C1CCNCC1. The molecule has 2 aromatic rings. The van der Waals surface area contributed by atoms with Crippen molar-refractivity contribution in [2.24, 2.45) is 0 Å². The number of ether oxygens (including phenoxy) is 1. The van der Waals surface area contributed by atoms with Crippen molar-refractivity contribution in [2.45, 2.75) is 25.3 Å². The lowest BCUT2D eigenvalue weighted by Crippen LogP contribution is -2.29. The number of carbonyl (C=O) groups excluding carboxylic acids is 1. The molecule has 0 aliphatic carbocycles. The first-order valence-corrected chi connectivity index (χ1v) is 7.78. The molecule has 21 heavy (non-hydrogen) atoms. The molecule has 0 radical (unpaired) electrons. The maximum Gasteiger partial charge on any atom is 0.360 e. The van der Waals surface area contributed by atoms with Gasteiger partial charge in [0.2, 0.25) is 0 Å². The van der Waals surface area contributed by atoms with Gasteiger partial charge in [0.05, 0.1) is 19.3 Å². The van der Waals surface area contributed by atoms with E-state index in [1.54, 1.807) is 22.2 Å². The Morgan fingerprint density at radius 3 is 3.00 bits per heavy atom. The fraction of sp³-hybridized carbons (Fsp3) is 0.538. The Bertz CT molecular complexity index is 604. The molecule has 1 saturated heterocycles. The summed E-state index contributed by atoms with van der Waals surface area (Å²) in [6.07, 6.45) is 3.70. The van der Waals surface area contributed by atoms with Crippen molar-refractivity contribution in [1.29, 1.82) is 0 Å². The van der Waals surface area contributed by atoms with Crippen LogP contribution < -0.4 is 5.32 Å². The van der Waals surface area contributed by atoms with Crippen molar-refractivity contribution in [1.82, 2.24) is 25.3 Å². The van der Waals surface area contributed by atoms with Crippen LogP contribution in [-0.2, 0) is 11.3 Å². The highest BCUT2D eigenvalue weighted by atomic mass is 32.1. The molecular formula is C13H17N5O2S. The molecule has 7 nitrogen and oxygen atoms in total. The Morgan fingerprint density at radius 2 is 2.33 bits per heavy atom. The van der Waals surface area contributed by atoms with E-state index in [0.29, 0.717) is 12.2 Å². The molecule has 8 heteroatoms. The van der Waals surface area contributed by atoms with Gasteiger partial charge in [-0.1, -0.05) is 5.21 Å². The minimum atomic E-state index is -0.422. The fourth-order valence-corrected chi connectivity index (χ4v) is 3.24. The predicted octanol–water partition coefficient (Wildman–Crippen LogP) is 1.04. The largest absolute Gasteiger partial charge is 0.464 e. The van der Waals surface area contributed by atoms with Gasteiger partial charge in [0.25, 0.3) is 0 Å². The third kappa shape index (κ3) is 2.96. The molecule has 3 heterocycles. The molecule has 0 amide bonds. The van der Waals surface area contributed by atoms with E-state index < -0.39 is 5.97 Å². The number of rotatable bonds is 4. The van der Waals surface area contributed by atoms with Crippen LogP contribution in [0.2, 0.25) is 0 Å². The first-order chi connectivity index (χ1) is 10.3. The van der Waals surface area contributed by atoms with Crippen molar-refractivity contribution < 1.29 is 9.53 Å². The van der Waals surface area contributed by atoms with Gasteiger partial charge >= 0.3 is 5.97 Å². The zero-order chi connectivity index (χ0) is 14.7. The van der Waals surface area contributed by atoms with Crippen LogP contribution >= 0.6 is 11.3 Å². The zero-order valence-electron chi connectivity index (χ0n) is 11.8. The number of methoxy groups -OCH3 is 1.